The minimum absolute atomic E-state index is 0.0526. The summed E-state index contributed by atoms with van der Waals surface area (Å²) in [6.45, 7) is 3.67. The summed E-state index contributed by atoms with van der Waals surface area (Å²) in [6, 6.07) is 10.7. The molecule has 4 N–H and O–H groups in total. The lowest BCUT2D eigenvalue weighted by Crippen LogP contribution is -2.38. The predicted molar refractivity (Wildman–Crippen MR) is 121 cm³/mol. The zero-order chi connectivity index (χ0) is 22.9. The van der Waals surface area contributed by atoms with Crippen LogP contribution in [0.15, 0.2) is 42.5 Å². The van der Waals surface area contributed by atoms with Crippen LogP contribution < -0.4 is 25.8 Å². The Hall–Kier alpha value is -3.75. The number of piperidine rings is 1. The highest BCUT2D eigenvalue weighted by Gasteiger charge is 2.18. The zero-order valence-electron chi connectivity index (χ0n) is 18.1. The molecule has 4 amide bonds. The summed E-state index contributed by atoms with van der Waals surface area (Å²) in [7, 11) is 0. The summed E-state index contributed by atoms with van der Waals surface area (Å²) < 4.78 is 11.3. The maximum absolute atomic E-state index is 12.7. The molecule has 3 rings (SSSR count). The van der Waals surface area contributed by atoms with Crippen LogP contribution in [0.2, 0.25) is 0 Å². The fourth-order valence-corrected chi connectivity index (χ4v) is 3.39. The van der Waals surface area contributed by atoms with Crippen LogP contribution in [-0.4, -0.2) is 49.0 Å². The van der Waals surface area contributed by atoms with Gasteiger partial charge < -0.3 is 30.7 Å². The Morgan fingerprint density at radius 3 is 2.19 bits per heavy atom. The molecule has 170 valence electrons. The summed E-state index contributed by atoms with van der Waals surface area (Å²) >= 11 is 0. The van der Waals surface area contributed by atoms with E-state index < -0.39 is 6.03 Å². The molecule has 1 saturated heterocycles. The summed E-state index contributed by atoms with van der Waals surface area (Å²) in [5, 5.41) is 5.23. The number of anilines is 2. The number of hydrogen-bond acceptors (Lipinski definition) is 5. The van der Waals surface area contributed by atoms with Gasteiger partial charge in [-0.2, -0.15) is 0 Å². The van der Waals surface area contributed by atoms with Crippen molar-refractivity contribution in [2.24, 2.45) is 5.73 Å². The first-order valence-electron chi connectivity index (χ1n) is 10.6. The van der Waals surface area contributed by atoms with E-state index in [0.717, 1.165) is 32.4 Å². The van der Waals surface area contributed by atoms with Gasteiger partial charge in [-0.1, -0.05) is 0 Å². The topological polar surface area (TPSA) is 123 Å². The van der Waals surface area contributed by atoms with E-state index in [1.165, 1.54) is 0 Å². The Bertz CT molecular complexity index is 955. The third-order valence-corrected chi connectivity index (χ3v) is 4.98. The van der Waals surface area contributed by atoms with Crippen molar-refractivity contribution in [2.75, 3.05) is 36.9 Å². The zero-order valence-corrected chi connectivity index (χ0v) is 18.1. The maximum atomic E-state index is 12.7. The van der Waals surface area contributed by atoms with Crippen molar-refractivity contribution in [3.63, 3.8) is 0 Å². The largest absolute Gasteiger partial charge is 0.490 e. The van der Waals surface area contributed by atoms with Gasteiger partial charge >= 0.3 is 6.03 Å². The molecule has 0 atom stereocenters. The molecule has 2 aromatic carbocycles. The molecule has 0 spiro atoms. The van der Waals surface area contributed by atoms with Crippen LogP contribution in [0.4, 0.5) is 16.2 Å². The van der Waals surface area contributed by atoms with Crippen LogP contribution in [0, 0.1) is 0 Å². The van der Waals surface area contributed by atoms with Gasteiger partial charge in [0.15, 0.2) is 18.1 Å². The summed E-state index contributed by atoms with van der Waals surface area (Å²) in [5.41, 5.74) is 6.53. The second-order valence-electron chi connectivity index (χ2n) is 7.35. The molecule has 32 heavy (non-hydrogen) atoms. The highest BCUT2D eigenvalue weighted by Crippen LogP contribution is 2.29. The smallest absolute Gasteiger partial charge is 0.316 e. The third kappa shape index (κ3) is 6.37. The third-order valence-electron chi connectivity index (χ3n) is 4.98. The van der Waals surface area contributed by atoms with Gasteiger partial charge in [-0.05, 0) is 68.7 Å². The fourth-order valence-electron chi connectivity index (χ4n) is 3.39. The molecule has 0 saturated carbocycles. The molecule has 0 bridgehead atoms. The summed E-state index contributed by atoms with van der Waals surface area (Å²) in [4.78, 5) is 37.7. The molecular formula is C23H28N4O5. The highest BCUT2D eigenvalue weighted by atomic mass is 16.5. The number of urea groups is 1. The number of rotatable bonds is 8. The molecule has 2 aromatic rings. The molecule has 0 aliphatic carbocycles. The number of carbonyl (C=O) groups excluding carboxylic acids is 3. The number of carbonyl (C=O) groups is 3. The lowest BCUT2D eigenvalue weighted by atomic mass is 10.1. The van der Waals surface area contributed by atoms with E-state index in [0.29, 0.717) is 35.0 Å². The number of primary amides is 1. The minimum atomic E-state index is -0.662. The molecular weight excluding hydrogens is 412 g/mol. The van der Waals surface area contributed by atoms with Crippen LogP contribution in [0.5, 0.6) is 11.5 Å². The average molecular weight is 441 g/mol. The molecule has 1 heterocycles. The van der Waals surface area contributed by atoms with Crippen molar-refractivity contribution in [1.29, 1.82) is 0 Å². The highest BCUT2D eigenvalue weighted by molar-refractivity contribution is 6.04. The lowest BCUT2D eigenvalue weighted by Gasteiger charge is -2.26. The predicted octanol–water partition coefficient (Wildman–Crippen LogP) is 3.22. The summed E-state index contributed by atoms with van der Waals surface area (Å²) in [5.74, 6) is 0.420. The van der Waals surface area contributed by atoms with Crippen molar-refractivity contribution < 1.29 is 23.9 Å². The van der Waals surface area contributed by atoms with E-state index in [2.05, 4.69) is 10.6 Å². The normalized spacial score (nSPS) is 13.2. The number of ether oxygens (including phenoxy) is 2. The molecule has 0 unspecified atom stereocenters. The van der Waals surface area contributed by atoms with Crippen LogP contribution in [0.3, 0.4) is 0 Å². The van der Waals surface area contributed by atoms with Crippen molar-refractivity contribution >= 4 is 29.2 Å². The number of hydrogen-bond donors (Lipinski definition) is 3. The van der Waals surface area contributed by atoms with Gasteiger partial charge in [-0.25, -0.2) is 4.79 Å². The molecule has 1 aliphatic heterocycles. The van der Waals surface area contributed by atoms with Gasteiger partial charge in [0.25, 0.3) is 11.8 Å². The van der Waals surface area contributed by atoms with Gasteiger partial charge in [0.05, 0.1) is 6.61 Å². The Labute approximate surface area is 186 Å². The lowest BCUT2D eigenvalue weighted by molar-refractivity contribution is -0.134. The van der Waals surface area contributed by atoms with Crippen LogP contribution in [0.1, 0.15) is 36.5 Å². The first kappa shape index (κ1) is 22.9. The quantitative estimate of drug-likeness (QED) is 0.582. The van der Waals surface area contributed by atoms with E-state index in [1.807, 2.05) is 11.8 Å². The number of benzene rings is 2. The van der Waals surface area contributed by atoms with E-state index in [4.69, 9.17) is 15.2 Å². The van der Waals surface area contributed by atoms with Crippen LogP contribution in [-0.2, 0) is 4.79 Å². The van der Waals surface area contributed by atoms with E-state index in [-0.39, 0.29) is 18.4 Å². The Kier molecular flexibility index (Phi) is 7.91. The monoisotopic (exact) mass is 440 g/mol. The number of amides is 4. The van der Waals surface area contributed by atoms with Crippen molar-refractivity contribution in [3.05, 3.63) is 48.0 Å². The number of nitrogens with two attached hydrogens (primary N) is 1. The average Bonchev–Trinajstić information content (AvgIpc) is 2.79. The second kappa shape index (κ2) is 11.0. The molecule has 9 heteroatoms. The first-order chi connectivity index (χ1) is 15.5. The maximum Gasteiger partial charge on any atom is 0.316 e. The van der Waals surface area contributed by atoms with Crippen LogP contribution in [0.25, 0.3) is 0 Å². The van der Waals surface area contributed by atoms with E-state index in [1.54, 1.807) is 42.5 Å². The molecule has 1 fully saturated rings. The van der Waals surface area contributed by atoms with Crippen molar-refractivity contribution in [3.8, 4) is 11.5 Å². The Morgan fingerprint density at radius 2 is 1.56 bits per heavy atom. The number of likely N-dealkylation sites (tertiary alicyclic amines) is 1. The first-order valence-corrected chi connectivity index (χ1v) is 10.6. The molecule has 1 aliphatic rings. The fraction of sp³-hybridized carbons (Fsp3) is 0.348. The second-order valence-corrected chi connectivity index (χ2v) is 7.35. The summed E-state index contributed by atoms with van der Waals surface area (Å²) in [6.07, 6.45) is 3.19. The van der Waals surface area contributed by atoms with Crippen LogP contribution >= 0.6 is 0 Å². The number of nitrogens with zero attached hydrogens (tertiary/aromatic N) is 1. The number of nitrogens with one attached hydrogen (secondary N) is 2. The van der Waals surface area contributed by atoms with Crippen molar-refractivity contribution in [2.45, 2.75) is 26.2 Å². The molecule has 9 nitrogen and oxygen atoms in total. The van der Waals surface area contributed by atoms with Gasteiger partial charge in [-0.15, -0.1) is 0 Å². The standard InChI is InChI=1S/C23H28N4O5/c1-2-31-20-14-16(22(29)25-17-7-9-18(10-8-17)26-23(24)30)6-11-19(20)32-15-21(28)27-12-4-3-5-13-27/h6-11,14H,2-5,12-13,15H2,1H3,(H,25,29)(H3,24,26,30). The van der Waals surface area contributed by atoms with Gasteiger partial charge in [0.1, 0.15) is 0 Å². The SMILES string of the molecule is CCOc1cc(C(=O)Nc2ccc(NC(N)=O)cc2)ccc1OCC(=O)N1CCCCC1. The Balaban J connectivity index is 1.64. The minimum Gasteiger partial charge on any atom is -0.490 e. The van der Waals surface area contributed by atoms with Crippen molar-refractivity contribution in [1.82, 2.24) is 4.90 Å². The molecule has 0 radical (unpaired) electrons. The van der Waals surface area contributed by atoms with E-state index in [9.17, 15) is 14.4 Å². The Morgan fingerprint density at radius 1 is 0.906 bits per heavy atom. The van der Waals surface area contributed by atoms with Gasteiger partial charge in [-0.3, -0.25) is 9.59 Å². The van der Waals surface area contributed by atoms with Gasteiger partial charge in [0.2, 0.25) is 0 Å². The van der Waals surface area contributed by atoms with E-state index >= 15 is 0 Å². The molecule has 0 aromatic heterocycles. The van der Waals surface area contributed by atoms with Gasteiger partial charge in [0, 0.05) is 30.0 Å².